The van der Waals surface area contributed by atoms with Gasteiger partial charge >= 0.3 is 5.97 Å². The van der Waals surface area contributed by atoms with Gasteiger partial charge in [-0.25, -0.2) is 13.6 Å². The smallest absolute Gasteiger partial charge is 0.335 e. The van der Waals surface area contributed by atoms with Crippen LogP contribution in [0.2, 0.25) is 5.02 Å². The quantitative estimate of drug-likeness (QED) is 0.894. The Balaban J connectivity index is 2.66. The fourth-order valence-electron chi connectivity index (χ4n) is 1.57. The molecule has 0 heterocycles. The van der Waals surface area contributed by atoms with Gasteiger partial charge in [0.15, 0.2) is 0 Å². The predicted octanol–water partition coefficient (Wildman–Crippen LogP) is 3.98. The average Bonchev–Trinajstić information content (AvgIpc) is 2.33. The molecule has 18 heavy (non-hydrogen) atoms. The van der Waals surface area contributed by atoms with E-state index in [1.807, 2.05) is 0 Å². The second kappa shape index (κ2) is 4.74. The first-order valence-corrected chi connectivity index (χ1v) is 5.35. The van der Waals surface area contributed by atoms with Crippen molar-refractivity contribution in [1.29, 1.82) is 0 Å². The summed E-state index contributed by atoms with van der Waals surface area (Å²) >= 11 is 5.85. The van der Waals surface area contributed by atoms with Crippen LogP contribution in [0.4, 0.5) is 8.78 Å². The summed E-state index contributed by atoms with van der Waals surface area (Å²) in [5.41, 5.74) is -0.0107. The molecule has 0 radical (unpaired) electrons. The van der Waals surface area contributed by atoms with Crippen LogP contribution in [0, 0.1) is 11.6 Å². The number of rotatable bonds is 2. The maximum absolute atomic E-state index is 13.7. The SMILES string of the molecule is O=C(O)c1ccc(F)c(-c2cc(F)ccc2Cl)c1. The van der Waals surface area contributed by atoms with Crippen molar-refractivity contribution in [3.63, 3.8) is 0 Å². The number of hydrogen-bond acceptors (Lipinski definition) is 1. The second-order valence-electron chi connectivity index (χ2n) is 3.62. The van der Waals surface area contributed by atoms with Crippen LogP contribution in [0.1, 0.15) is 10.4 Å². The third kappa shape index (κ3) is 2.33. The van der Waals surface area contributed by atoms with E-state index in [0.29, 0.717) is 0 Å². The Kier molecular flexibility index (Phi) is 3.30. The lowest BCUT2D eigenvalue weighted by Gasteiger charge is -2.07. The lowest BCUT2D eigenvalue weighted by Crippen LogP contribution is -1.98. The van der Waals surface area contributed by atoms with Crippen LogP contribution in [-0.2, 0) is 0 Å². The molecule has 0 saturated heterocycles. The Morgan fingerprint density at radius 2 is 1.78 bits per heavy atom. The highest BCUT2D eigenvalue weighted by Crippen LogP contribution is 2.31. The molecule has 0 aliphatic heterocycles. The summed E-state index contributed by atoms with van der Waals surface area (Å²) in [5.74, 6) is -2.43. The minimum atomic E-state index is -1.19. The molecule has 0 aliphatic rings. The fraction of sp³-hybridized carbons (Fsp3) is 0. The van der Waals surface area contributed by atoms with Crippen molar-refractivity contribution in [2.24, 2.45) is 0 Å². The minimum Gasteiger partial charge on any atom is -0.478 e. The topological polar surface area (TPSA) is 37.3 Å². The van der Waals surface area contributed by atoms with Crippen LogP contribution in [0.25, 0.3) is 11.1 Å². The zero-order valence-corrected chi connectivity index (χ0v) is 9.71. The van der Waals surface area contributed by atoms with Gasteiger partial charge in [-0.3, -0.25) is 0 Å². The number of benzene rings is 2. The Labute approximate surface area is 106 Å². The third-order valence-electron chi connectivity index (χ3n) is 2.43. The van der Waals surface area contributed by atoms with Crippen molar-refractivity contribution >= 4 is 17.6 Å². The summed E-state index contributed by atoms with van der Waals surface area (Å²) in [5, 5.41) is 8.99. The Morgan fingerprint density at radius 1 is 1.06 bits per heavy atom. The van der Waals surface area contributed by atoms with Crippen molar-refractivity contribution < 1.29 is 18.7 Å². The molecule has 2 aromatic rings. The van der Waals surface area contributed by atoms with E-state index in [0.717, 1.165) is 30.3 Å². The van der Waals surface area contributed by atoms with Crippen LogP contribution in [-0.4, -0.2) is 11.1 Å². The summed E-state index contributed by atoms with van der Waals surface area (Å²) in [6, 6.07) is 6.77. The fourth-order valence-corrected chi connectivity index (χ4v) is 1.79. The van der Waals surface area contributed by atoms with Crippen LogP contribution in [0.15, 0.2) is 36.4 Å². The first-order valence-electron chi connectivity index (χ1n) is 4.97. The van der Waals surface area contributed by atoms with Gasteiger partial charge in [-0.15, -0.1) is 0 Å². The van der Waals surface area contributed by atoms with Crippen molar-refractivity contribution in [2.75, 3.05) is 0 Å². The summed E-state index contributed by atoms with van der Waals surface area (Å²) in [7, 11) is 0. The Morgan fingerprint density at radius 3 is 2.44 bits per heavy atom. The van der Waals surface area contributed by atoms with E-state index in [9.17, 15) is 13.6 Å². The molecule has 2 nitrogen and oxygen atoms in total. The summed E-state index contributed by atoms with van der Waals surface area (Å²) in [6.07, 6.45) is 0. The number of carbonyl (C=O) groups is 1. The third-order valence-corrected chi connectivity index (χ3v) is 2.76. The first kappa shape index (κ1) is 12.5. The van der Waals surface area contributed by atoms with Crippen LogP contribution in [0.3, 0.4) is 0 Å². The van der Waals surface area contributed by atoms with E-state index in [-0.39, 0.29) is 21.7 Å². The number of carboxylic acids is 1. The molecule has 5 heteroatoms. The van der Waals surface area contributed by atoms with Gasteiger partial charge < -0.3 is 5.11 Å². The zero-order chi connectivity index (χ0) is 13.3. The van der Waals surface area contributed by atoms with Gasteiger partial charge in [0.1, 0.15) is 11.6 Å². The van der Waals surface area contributed by atoms with E-state index < -0.39 is 17.6 Å². The van der Waals surface area contributed by atoms with Crippen molar-refractivity contribution in [1.82, 2.24) is 0 Å². The first-order chi connectivity index (χ1) is 8.49. The van der Waals surface area contributed by atoms with Crippen molar-refractivity contribution in [3.8, 4) is 11.1 Å². The van der Waals surface area contributed by atoms with E-state index in [1.165, 1.54) is 6.07 Å². The van der Waals surface area contributed by atoms with Gasteiger partial charge in [0, 0.05) is 16.1 Å². The monoisotopic (exact) mass is 268 g/mol. The van der Waals surface area contributed by atoms with Gasteiger partial charge in [-0.05, 0) is 36.4 Å². The van der Waals surface area contributed by atoms with E-state index >= 15 is 0 Å². The van der Waals surface area contributed by atoms with Gasteiger partial charge in [0.25, 0.3) is 0 Å². The van der Waals surface area contributed by atoms with Gasteiger partial charge in [-0.1, -0.05) is 11.6 Å². The maximum atomic E-state index is 13.7. The Bertz CT molecular complexity index is 626. The molecule has 1 N–H and O–H groups in total. The molecule has 0 atom stereocenters. The second-order valence-corrected chi connectivity index (χ2v) is 4.03. The largest absolute Gasteiger partial charge is 0.478 e. The minimum absolute atomic E-state index is 0.0422. The van der Waals surface area contributed by atoms with E-state index in [1.54, 1.807) is 0 Å². The number of hydrogen-bond donors (Lipinski definition) is 1. The molecule has 2 rings (SSSR count). The number of aromatic carboxylic acids is 1. The molecule has 0 bridgehead atoms. The number of carboxylic acid groups (broad SMARTS) is 1. The van der Waals surface area contributed by atoms with Gasteiger partial charge in [0.2, 0.25) is 0 Å². The maximum Gasteiger partial charge on any atom is 0.335 e. The Hall–Kier alpha value is -1.94. The average molecular weight is 269 g/mol. The normalized spacial score (nSPS) is 10.4. The van der Waals surface area contributed by atoms with Gasteiger partial charge in [-0.2, -0.15) is 0 Å². The molecular weight excluding hydrogens is 262 g/mol. The van der Waals surface area contributed by atoms with Crippen LogP contribution < -0.4 is 0 Å². The standard InChI is InChI=1S/C13H7ClF2O2/c14-11-3-2-8(15)6-9(11)10-5-7(13(17)18)1-4-12(10)16/h1-6H,(H,17,18). The molecule has 0 unspecified atom stereocenters. The zero-order valence-electron chi connectivity index (χ0n) is 8.95. The molecule has 0 aromatic heterocycles. The molecule has 0 amide bonds. The lowest BCUT2D eigenvalue weighted by atomic mass is 10.0. The van der Waals surface area contributed by atoms with Crippen molar-refractivity contribution in [3.05, 3.63) is 58.6 Å². The van der Waals surface area contributed by atoms with Crippen LogP contribution in [0.5, 0.6) is 0 Å². The molecular formula is C13H7ClF2O2. The molecule has 92 valence electrons. The molecule has 0 spiro atoms. The lowest BCUT2D eigenvalue weighted by molar-refractivity contribution is 0.0697. The highest BCUT2D eigenvalue weighted by molar-refractivity contribution is 6.33. The molecule has 0 fully saturated rings. The van der Waals surface area contributed by atoms with Gasteiger partial charge in [0.05, 0.1) is 5.56 Å². The van der Waals surface area contributed by atoms with Crippen LogP contribution >= 0.6 is 11.6 Å². The highest BCUT2D eigenvalue weighted by Gasteiger charge is 2.13. The summed E-state index contributed by atoms with van der Waals surface area (Å²) in [6.45, 7) is 0. The van der Waals surface area contributed by atoms with E-state index in [4.69, 9.17) is 16.7 Å². The predicted molar refractivity (Wildman–Crippen MR) is 63.8 cm³/mol. The van der Waals surface area contributed by atoms with E-state index in [2.05, 4.69) is 0 Å². The molecule has 0 saturated carbocycles. The molecule has 2 aromatic carbocycles. The molecule has 0 aliphatic carbocycles. The highest BCUT2D eigenvalue weighted by atomic mass is 35.5. The van der Waals surface area contributed by atoms with Crippen molar-refractivity contribution in [2.45, 2.75) is 0 Å². The number of halogens is 3. The summed E-state index contributed by atoms with van der Waals surface area (Å²) < 4.78 is 26.8. The summed E-state index contributed by atoms with van der Waals surface area (Å²) in [4.78, 5) is 10.8.